The quantitative estimate of drug-likeness (QED) is 0.330. The number of piperazine rings is 1. The molecular formula is C22H29N7O3S. The van der Waals surface area contributed by atoms with Gasteiger partial charge in [-0.2, -0.15) is 20.6 Å². The monoisotopic (exact) mass is 471 g/mol. The number of aldehydes is 1. The molecule has 2 saturated heterocycles. The molecule has 10 nitrogen and oxygen atoms in total. The van der Waals surface area contributed by atoms with Crippen LogP contribution >= 0.6 is 10.6 Å². The molecule has 11 heteroatoms. The second kappa shape index (κ2) is 9.18. The minimum atomic E-state index is -2.49. The van der Waals surface area contributed by atoms with Gasteiger partial charge in [0.1, 0.15) is 17.8 Å². The normalized spacial score (nSPS) is 21.8. The van der Waals surface area contributed by atoms with Crippen LogP contribution in [0.15, 0.2) is 36.5 Å². The summed E-state index contributed by atoms with van der Waals surface area (Å²) in [4.78, 5) is 27.6. The van der Waals surface area contributed by atoms with E-state index in [9.17, 15) is 13.9 Å². The van der Waals surface area contributed by atoms with E-state index in [1.165, 1.54) is 0 Å². The first-order valence-corrected chi connectivity index (χ1v) is 13.0. The van der Waals surface area contributed by atoms with Gasteiger partial charge >= 0.3 is 0 Å². The standard InChI is InChI=1S/C22H29N7O3S/c30-13-12-28-8-10-29(11-9-28)18-3-1-16(2-4-18)25-22-26-20-19(5-7-23-20)21(27-22)24-17-6-14-33(31,32)15-17/h1-5,7,13,17,31-32H,6,8-12,14-15H2,(H3,23,24,25,26,27). The minimum absolute atomic E-state index is 0.0258. The Morgan fingerprint density at radius 3 is 2.61 bits per heavy atom. The van der Waals surface area contributed by atoms with E-state index >= 15 is 0 Å². The van der Waals surface area contributed by atoms with Crippen LogP contribution in [0, 0.1) is 0 Å². The Labute approximate surface area is 193 Å². The average molecular weight is 472 g/mol. The van der Waals surface area contributed by atoms with Gasteiger partial charge in [0.2, 0.25) is 5.95 Å². The number of nitrogens with zero attached hydrogens (tertiary/aromatic N) is 4. The maximum atomic E-state index is 10.7. The molecule has 0 amide bonds. The lowest BCUT2D eigenvalue weighted by molar-refractivity contribution is -0.108. The predicted molar refractivity (Wildman–Crippen MR) is 133 cm³/mol. The van der Waals surface area contributed by atoms with E-state index in [0.717, 1.165) is 49.2 Å². The Bertz CT molecular complexity index is 1110. The first-order valence-electron chi connectivity index (χ1n) is 11.1. The lowest BCUT2D eigenvalue weighted by Crippen LogP contribution is -2.46. The number of fused-ring (bicyclic) bond motifs is 1. The molecule has 5 rings (SSSR count). The van der Waals surface area contributed by atoms with E-state index < -0.39 is 10.6 Å². The molecule has 0 spiro atoms. The van der Waals surface area contributed by atoms with Crippen LogP contribution in [0.2, 0.25) is 0 Å². The molecule has 1 unspecified atom stereocenters. The molecule has 0 radical (unpaired) electrons. The van der Waals surface area contributed by atoms with Crippen LogP contribution in [0.3, 0.4) is 0 Å². The third-order valence-corrected chi connectivity index (χ3v) is 8.04. The molecule has 33 heavy (non-hydrogen) atoms. The summed E-state index contributed by atoms with van der Waals surface area (Å²) in [7, 11) is -2.49. The fourth-order valence-electron chi connectivity index (χ4n) is 4.41. The largest absolute Gasteiger partial charge is 0.369 e. The van der Waals surface area contributed by atoms with Crippen LogP contribution in [0.5, 0.6) is 0 Å². The number of aromatic nitrogens is 3. The zero-order chi connectivity index (χ0) is 22.8. The Balaban J connectivity index is 1.28. The summed E-state index contributed by atoms with van der Waals surface area (Å²) >= 11 is 0. The summed E-state index contributed by atoms with van der Waals surface area (Å²) in [5, 5.41) is 7.52. The number of aromatic amines is 1. The summed E-state index contributed by atoms with van der Waals surface area (Å²) in [6, 6.07) is 10.1. The number of benzene rings is 1. The summed E-state index contributed by atoms with van der Waals surface area (Å²) in [6.07, 6.45) is 3.48. The van der Waals surface area contributed by atoms with Gasteiger partial charge in [-0.3, -0.25) is 14.0 Å². The molecule has 0 bridgehead atoms. The van der Waals surface area contributed by atoms with Crippen molar-refractivity contribution < 1.29 is 13.9 Å². The van der Waals surface area contributed by atoms with Gasteiger partial charge in [-0.05, 0) is 36.8 Å². The van der Waals surface area contributed by atoms with Gasteiger partial charge in [-0.15, -0.1) is 0 Å². The Morgan fingerprint density at radius 2 is 1.91 bits per heavy atom. The molecule has 2 aliphatic heterocycles. The average Bonchev–Trinajstić information content (AvgIpc) is 3.41. The third-order valence-electron chi connectivity index (χ3n) is 6.21. The molecule has 176 valence electrons. The number of anilines is 4. The van der Waals surface area contributed by atoms with Gasteiger partial charge in [0, 0.05) is 55.5 Å². The van der Waals surface area contributed by atoms with Crippen molar-refractivity contribution in [1.29, 1.82) is 0 Å². The van der Waals surface area contributed by atoms with E-state index in [-0.39, 0.29) is 6.04 Å². The van der Waals surface area contributed by atoms with Crippen LogP contribution in [0.4, 0.5) is 23.1 Å². The molecule has 2 aliphatic rings. The molecule has 2 fully saturated rings. The highest BCUT2D eigenvalue weighted by atomic mass is 32.3. The van der Waals surface area contributed by atoms with Gasteiger partial charge in [-0.25, -0.2) is 0 Å². The van der Waals surface area contributed by atoms with E-state index in [1.54, 1.807) is 0 Å². The fraction of sp³-hybridized carbons (Fsp3) is 0.409. The third kappa shape index (κ3) is 5.06. The van der Waals surface area contributed by atoms with Gasteiger partial charge in [0.15, 0.2) is 0 Å². The lowest BCUT2D eigenvalue weighted by atomic mass is 10.2. The van der Waals surface area contributed by atoms with Crippen molar-refractivity contribution in [2.24, 2.45) is 0 Å². The molecule has 3 aromatic rings. The topological polar surface area (TPSA) is 130 Å². The number of carbonyl (C=O) groups excluding carboxylic acids is 1. The maximum Gasteiger partial charge on any atom is 0.231 e. The van der Waals surface area contributed by atoms with E-state index in [4.69, 9.17) is 0 Å². The molecular weight excluding hydrogens is 442 g/mol. The van der Waals surface area contributed by atoms with Gasteiger partial charge in [0.05, 0.1) is 17.7 Å². The Kier molecular flexibility index (Phi) is 6.11. The second-order valence-electron chi connectivity index (χ2n) is 8.56. The molecule has 1 atom stereocenters. The van der Waals surface area contributed by atoms with E-state index in [1.807, 2.05) is 24.4 Å². The zero-order valence-corrected chi connectivity index (χ0v) is 19.1. The van der Waals surface area contributed by atoms with Crippen LogP contribution in [0.25, 0.3) is 11.0 Å². The van der Waals surface area contributed by atoms with Crippen LogP contribution < -0.4 is 15.5 Å². The predicted octanol–water partition coefficient (Wildman–Crippen LogP) is 2.96. The second-order valence-corrected chi connectivity index (χ2v) is 10.9. The SMILES string of the molecule is O=CCN1CCN(c2ccc(Nc3nc(NC4CCS(O)(O)C4)c4cc[nH]c4n3)cc2)CC1. The zero-order valence-electron chi connectivity index (χ0n) is 18.3. The van der Waals surface area contributed by atoms with Crippen molar-refractivity contribution in [1.82, 2.24) is 19.9 Å². The van der Waals surface area contributed by atoms with Gasteiger partial charge in [0.25, 0.3) is 0 Å². The highest BCUT2D eigenvalue weighted by Gasteiger charge is 2.29. The summed E-state index contributed by atoms with van der Waals surface area (Å²) in [6.45, 7) is 4.06. The van der Waals surface area contributed by atoms with Crippen molar-refractivity contribution in [3.8, 4) is 0 Å². The highest BCUT2D eigenvalue weighted by molar-refractivity contribution is 8.24. The molecule has 1 aromatic carbocycles. The Morgan fingerprint density at radius 1 is 1.12 bits per heavy atom. The number of hydrogen-bond donors (Lipinski definition) is 5. The van der Waals surface area contributed by atoms with E-state index in [0.29, 0.717) is 41.9 Å². The Hall–Kier alpha value is -2.86. The highest BCUT2D eigenvalue weighted by Crippen LogP contribution is 2.46. The van der Waals surface area contributed by atoms with Crippen molar-refractivity contribution in [3.63, 3.8) is 0 Å². The maximum absolute atomic E-state index is 10.7. The van der Waals surface area contributed by atoms with Crippen molar-refractivity contribution in [3.05, 3.63) is 36.5 Å². The van der Waals surface area contributed by atoms with Gasteiger partial charge in [-0.1, -0.05) is 0 Å². The molecule has 5 N–H and O–H groups in total. The first-order chi connectivity index (χ1) is 16.0. The smallest absolute Gasteiger partial charge is 0.231 e. The molecule has 4 heterocycles. The van der Waals surface area contributed by atoms with Crippen LogP contribution in [0.1, 0.15) is 6.42 Å². The summed E-state index contributed by atoms with van der Waals surface area (Å²) in [5.41, 5.74) is 2.74. The number of hydrogen-bond acceptors (Lipinski definition) is 9. The molecule has 0 aliphatic carbocycles. The van der Waals surface area contributed by atoms with Gasteiger partial charge < -0.3 is 25.3 Å². The van der Waals surface area contributed by atoms with Crippen molar-refractivity contribution in [2.75, 3.05) is 59.8 Å². The van der Waals surface area contributed by atoms with Crippen molar-refractivity contribution >= 4 is 51.1 Å². The first kappa shape index (κ1) is 22.0. The summed E-state index contributed by atoms with van der Waals surface area (Å²) < 4.78 is 19.9. The lowest BCUT2D eigenvalue weighted by Gasteiger charge is -2.35. The van der Waals surface area contributed by atoms with Crippen LogP contribution in [-0.2, 0) is 4.79 Å². The van der Waals surface area contributed by atoms with Crippen LogP contribution in [-0.4, -0.2) is 85.5 Å². The number of rotatable bonds is 7. The van der Waals surface area contributed by atoms with Crippen molar-refractivity contribution in [2.45, 2.75) is 12.5 Å². The number of carbonyl (C=O) groups is 1. The number of nitrogens with one attached hydrogen (secondary N) is 3. The molecule has 0 saturated carbocycles. The minimum Gasteiger partial charge on any atom is -0.369 e. The fourth-order valence-corrected chi connectivity index (χ4v) is 6.14. The van der Waals surface area contributed by atoms with E-state index in [2.05, 4.69) is 47.5 Å². The summed E-state index contributed by atoms with van der Waals surface area (Å²) in [5.74, 6) is 1.91. The molecule has 2 aromatic heterocycles. The number of H-pyrrole nitrogens is 1.